The normalized spacial score (nSPS) is 10.2. The molecule has 2 aromatic rings. The van der Waals surface area contributed by atoms with E-state index in [0.717, 1.165) is 17.3 Å². The van der Waals surface area contributed by atoms with E-state index < -0.39 is 0 Å². The lowest BCUT2D eigenvalue weighted by Crippen LogP contribution is -2.36. The van der Waals surface area contributed by atoms with Gasteiger partial charge in [-0.2, -0.15) is 0 Å². The van der Waals surface area contributed by atoms with Crippen LogP contribution < -0.4 is 15.4 Å². The predicted octanol–water partition coefficient (Wildman–Crippen LogP) is 3.33. The highest BCUT2D eigenvalue weighted by molar-refractivity contribution is 9.10. The molecule has 0 spiro atoms. The van der Waals surface area contributed by atoms with Crippen molar-refractivity contribution in [3.8, 4) is 5.75 Å². The van der Waals surface area contributed by atoms with Gasteiger partial charge in [0.15, 0.2) is 6.61 Å². The Bertz CT molecular complexity index is 732. The highest BCUT2D eigenvalue weighted by Gasteiger charge is 2.06. The van der Waals surface area contributed by atoms with E-state index in [-0.39, 0.29) is 18.4 Å². The fourth-order valence-electron chi connectivity index (χ4n) is 2.35. The predicted molar refractivity (Wildman–Crippen MR) is 105 cm³/mol. The van der Waals surface area contributed by atoms with Gasteiger partial charge in [-0.25, -0.2) is 0 Å². The average Bonchev–Trinajstić information content (AvgIpc) is 2.65. The number of rotatable bonds is 9. The second kappa shape index (κ2) is 10.6. The van der Waals surface area contributed by atoms with E-state index in [2.05, 4.69) is 33.5 Å². The molecule has 2 N–H and O–H groups in total. The lowest BCUT2D eigenvalue weighted by Gasteiger charge is -2.09. The topological polar surface area (TPSA) is 67.4 Å². The van der Waals surface area contributed by atoms with Crippen LogP contribution in [0.3, 0.4) is 0 Å². The Labute approximate surface area is 162 Å². The minimum absolute atomic E-state index is 0.0489. The molecule has 2 rings (SSSR count). The number of benzene rings is 2. The molecule has 0 saturated heterocycles. The monoisotopic (exact) mass is 418 g/mol. The Balaban J connectivity index is 1.63. The molecular weight excluding hydrogens is 396 g/mol. The zero-order valence-electron chi connectivity index (χ0n) is 14.8. The third kappa shape index (κ3) is 6.88. The molecule has 0 aliphatic rings. The van der Waals surface area contributed by atoms with Gasteiger partial charge >= 0.3 is 0 Å². The summed E-state index contributed by atoms with van der Waals surface area (Å²) in [6.45, 7) is 2.78. The Kier molecular flexibility index (Phi) is 8.15. The second-order valence-electron chi connectivity index (χ2n) is 5.80. The first-order chi connectivity index (χ1) is 12.6. The highest BCUT2D eigenvalue weighted by Crippen LogP contribution is 2.13. The zero-order valence-corrected chi connectivity index (χ0v) is 16.3. The number of amides is 2. The summed E-state index contributed by atoms with van der Waals surface area (Å²) < 4.78 is 6.30. The van der Waals surface area contributed by atoms with Crippen molar-refractivity contribution in [2.45, 2.75) is 19.8 Å². The maximum absolute atomic E-state index is 12.0. The van der Waals surface area contributed by atoms with Crippen LogP contribution >= 0.6 is 15.9 Å². The van der Waals surface area contributed by atoms with E-state index >= 15 is 0 Å². The molecular formula is C20H23BrN2O3. The number of carbonyl (C=O) groups excluding carboxylic acids is 2. The number of hydrogen-bond donors (Lipinski definition) is 2. The van der Waals surface area contributed by atoms with Crippen LogP contribution in [0.5, 0.6) is 5.75 Å². The summed E-state index contributed by atoms with van der Waals surface area (Å²) in [5, 5.41) is 5.47. The second-order valence-corrected chi connectivity index (χ2v) is 6.71. The van der Waals surface area contributed by atoms with Crippen LogP contribution in [0.1, 0.15) is 29.3 Å². The quantitative estimate of drug-likeness (QED) is 0.613. The van der Waals surface area contributed by atoms with Gasteiger partial charge < -0.3 is 15.4 Å². The van der Waals surface area contributed by atoms with Gasteiger partial charge in [-0.1, -0.05) is 47.5 Å². The van der Waals surface area contributed by atoms with Crippen LogP contribution in [0.2, 0.25) is 0 Å². The molecule has 0 aliphatic heterocycles. The summed E-state index contributed by atoms with van der Waals surface area (Å²) in [6.07, 6.45) is 2.13. The Hall–Kier alpha value is -2.34. The molecule has 0 aliphatic carbocycles. The van der Waals surface area contributed by atoms with E-state index in [1.165, 1.54) is 5.56 Å². The van der Waals surface area contributed by atoms with Crippen LogP contribution in [0, 0.1) is 0 Å². The highest BCUT2D eigenvalue weighted by atomic mass is 79.9. The molecule has 0 radical (unpaired) electrons. The molecule has 0 bridgehead atoms. The molecule has 26 heavy (non-hydrogen) atoms. The molecule has 5 nitrogen and oxygen atoms in total. The Morgan fingerprint density at radius 3 is 2.46 bits per heavy atom. The number of hydrogen-bond acceptors (Lipinski definition) is 3. The number of halogens is 1. The molecule has 0 atom stereocenters. The molecule has 0 aromatic heterocycles. The summed E-state index contributed by atoms with van der Waals surface area (Å²) in [4.78, 5) is 23.7. The van der Waals surface area contributed by atoms with Gasteiger partial charge in [-0.15, -0.1) is 0 Å². The minimum atomic E-state index is -0.223. The van der Waals surface area contributed by atoms with Crippen molar-refractivity contribution in [1.29, 1.82) is 0 Å². The SMILES string of the molecule is CCCc1ccc(OCC(=O)NCCNC(=O)c2cccc(Br)c2)cc1. The fourth-order valence-corrected chi connectivity index (χ4v) is 2.75. The van der Waals surface area contributed by atoms with Crippen LogP contribution in [-0.2, 0) is 11.2 Å². The molecule has 2 aromatic carbocycles. The van der Waals surface area contributed by atoms with Crippen molar-refractivity contribution >= 4 is 27.7 Å². The van der Waals surface area contributed by atoms with E-state index in [4.69, 9.17) is 4.74 Å². The largest absolute Gasteiger partial charge is 0.484 e. The zero-order chi connectivity index (χ0) is 18.8. The Morgan fingerprint density at radius 2 is 1.77 bits per heavy atom. The molecule has 0 saturated carbocycles. The van der Waals surface area contributed by atoms with Gasteiger partial charge in [-0.3, -0.25) is 9.59 Å². The molecule has 6 heteroatoms. The molecule has 0 heterocycles. The van der Waals surface area contributed by atoms with Gasteiger partial charge in [-0.05, 0) is 42.3 Å². The van der Waals surface area contributed by atoms with Crippen molar-refractivity contribution in [1.82, 2.24) is 10.6 Å². The summed E-state index contributed by atoms with van der Waals surface area (Å²) in [5.74, 6) is 0.270. The van der Waals surface area contributed by atoms with Gasteiger partial charge in [0.2, 0.25) is 0 Å². The Morgan fingerprint density at radius 1 is 1.04 bits per heavy atom. The third-order valence-corrected chi connectivity index (χ3v) is 4.14. The number of aryl methyl sites for hydroxylation is 1. The van der Waals surface area contributed by atoms with Crippen molar-refractivity contribution in [3.05, 3.63) is 64.1 Å². The summed E-state index contributed by atoms with van der Waals surface area (Å²) in [5.41, 5.74) is 1.83. The lowest BCUT2D eigenvalue weighted by molar-refractivity contribution is -0.123. The first kappa shape index (κ1) is 20.0. The minimum Gasteiger partial charge on any atom is -0.484 e. The first-order valence-corrected chi connectivity index (χ1v) is 9.40. The van der Waals surface area contributed by atoms with E-state index in [1.54, 1.807) is 18.2 Å². The van der Waals surface area contributed by atoms with Gasteiger partial charge in [0.25, 0.3) is 11.8 Å². The smallest absolute Gasteiger partial charge is 0.258 e. The van der Waals surface area contributed by atoms with Crippen molar-refractivity contribution in [2.24, 2.45) is 0 Å². The van der Waals surface area contributed by atoms with Gasteiger partial charge in [0, 0.05) is 23.1 Å². The molecule has 2 amide bonds. The molecule has 0 fully saturated rings. The molecule has 138 valence electrons. The van der Waals surface area contributed by atoms with Crippen LogP contribution in [0.15, 0.2) is 53.0 Å². The summed E-state index contributed by atoms with van der Waals surface area (Å²) in [7, 11) is 0. The van der Waals surface area contributed by atoms with Gasteiger partial charge in [0.05, 0.1) is 0 Å². The number of carbonyl (C=O) groups is 2. The van der Waals surface area contributed by atoms with Crippen molar-refractivity contribution in [2.75, 3.05) is 19.7 Å². The van der Waals surface area contributed by atoms with E-state index in [9.17, 15) is 9.59 Å². The van der Waals surface area contributed by atoms with Crippen LogP contribution in [-0.4, -0.2) is 31.5 Å². The maximum atomic E-state index is 12.0. The summed E-state index contributed by atoms with van der Waals surface area (Å²) in [6, 6.07) is 14.9. The molecule has 0 unspecified atom stereocenters. The summed E-state index contributed by atoms with van der Waals surface area (Å²) >= 11 is 3.33. The average molecular weight is 419 g/mol. The van der Waals surface area contributed by atoms with E-state index in [1.807, 2.05) is 30.3 Å². The van der Waals surface area contributed by atoms with E-state index in [0.29, 0.717) is 24.4 Å². The number of nitrogens with one attached hydrogen (secondary N) is 2. The van der Waals surface area contributed by atoms with Crippen LogP contribution in [0.4, 0.5) is 0 Å². The van der Waals surface area contributed by atoms with Crippen LogP contribution in [0.25, 0.3) is 0 Å². The maximum Gasteiger partial charge on any atom is 0.258 e. The lowest BCUT2D eigenvalue weighted by atomic mass is 10.1. The first-order valence-electron chi connectivity index (χ1n) is 8.60. The third-order valence-electron chi connectivity index (χ3n) is 3.65. The van der Waals surface area contributed by atoms with Gasteiger partial charge in [0.1, 0.15) is 5.75 Å². The fraction of sp³-hybridized carbons (Fsp3) is 0.300. The van der Waals surface area contributed by atoms with Crippen molar-refractivity contribution in [3.63, 3.8) is 0 Å². The van der Waals surface area contributed by atoms with Crippen molar-refractivity contribution < 1.29 is 14.3 Å². The number of ether oxygens (including phenoxy) is 1. The standard InChI is InChI=1S/C20H23BrN2O3/c1-2-4-15-7-9-18(10-8-15)26-14-19(24)22-11-12-23-20(25)16-5-3-6-17(21)13-16/h3,5-10,13H,2,4,11-12,14H2,1H3,(H,22,24)(H,23,25).